The summed E-state index contributed by atoms with van der Waals surface area (Å²) in [6, 6.07) is 8.14. The second kappa shape index (κ2) is 9.67. The van der Waals surface area contributed by atoms with Crippen molar-refractivity contribution in [2.75, 3.05) is 6.61 Å². The van der Waals surface area contributed by atoms with Crippen LogP contribution in [-0.2, 0) is 14.3 Å². The van der Waals surface area contributed by atoms with Crippen molar-refractivity contribution in [2.45, 2.75) is 58.9 Å². The van der Waals surface area contributed by atoms with Crippen molar-refractivity contribution in [3.63, 3.8) is 0 Å². The predicted octanol–water partition coefficient (Wildman–Crippen LogP) is 4.07. The van der Waals surface area contributed by atoms with Crippen LogP contribution in [0.25, 0.3) is 11.8 Å². The lowest BCUT2D eigenvalue weighted by Gasteiger charge is -2.35. The summed E-state index contributed by atoms with van der Waals surface area (Å²) in [4.78, 5) is 51.4. The van der Waals surface area contributed by atoms with E-state index >= 15 is 0 Å². The summed E-state index contributed by atoms with van der Waals surface area (Å²) in [5.41, 5.74) is 3.71. The van der Waals surface area contributed by atoms with Gasteiger partial charge in [0.25, 0.3) is 11.8 Å². The summed E-state index contributed by atoms with van der Waals surface area (Å²) in [6.45, 7) is 5.89. The third-order valence-electron chi connectivity index (χ3n) is 6.48. The van der Waals surface area contributed by atoms with Gasteiger partial charge in [0.1, 0.15) is 5.57 Å². The Balaban J connectivity index is 1.65. The molecule has 8 nitrogen and oxygen atoms in total. The van der Waals surface area contributed by atoms with Crippen LogP contribution in [0.4, 0.5) is 4.79 Å². The second-order valence-electron chi connectivity index (χ2n) is 8.71. The van der Waals surface area contributed by atoms with Crippen LogP contribution in [-0.4, -0.2) is 45.9 Å². The lowest BCUT2D eigenvalue weighted by atomic mass is 9.93. The molecule has 0 atom stereocenters. The van der Waals surface area contributed by atoms with Gasteiger partial charge in [0.05, 0.1) is 12.2 Å². The highest BCUT2D eigenvalue weighted by molar-refractivity contribution is 6.31. The standard InChI is InChI=1S/C26H29N3O5/c1-4-34-25(32)18-10-12-21(13-11-18)28-16(2)14-19(17(28)3)15-22-23(30)27-26(33)29(24(22)31)20-8-6-5-7-9-20/h10-15,20H,4-9H2,1-3H3,(H,27,30,33)/b22-15+. The highest BCUT2D eigenvalue weighted by Gasteiger charge is 2.40. The summed E-state index contributed by atoms with van der Waals surface area (Å²) in [6.07, 6.45) is 6.10. The van der Waals surface area contributed by atoms with Crippen molar-refractivity contribution >= 4 is 29.9 Å². The molecule has 1 N–H and O–H groups in total. The molecule has 1 saturated heterocycles. The highest BCUT2D eigenvalue weighted by atomic mass is 16.5. The van der Waals surface area contributed by atoms with E-state index in [9.17, 15) is 19.2 Å². The minimum absolute atomic E-state index is 0.0388. The molecular formula is C26H29N3O5. The maximum absolute atomic E-state index is 13.2. The molecule has 4 amide bonds. The van der Waals surface area contributed by atoms with Crippen LogP contribution in [0.1, 0.15) is 66.3 Å². The number of nitrogens with one attached hydrogen (secondary N) is 1. The minimum Gasteiger partial charge on any atom is -0.462 e. The Morgan fingerprint density at radius 1 is 1.09 bits per heavy atom. The second-order valence-corrected chi connectivity index (χ2v) is 8.71. The van der Waals surface area contributed by atoms with E-state index in [0.29, 0.717) is 17.7 Å². The van der Waals surface area contributed by atoms with Crippen LogP contribution in [0.15, 0.2) is 35.9 Å². The first-order chi connectivity index (χ1) is 16.3. The van der Waals surface area contributed by atoms with Crippen LogP contribution in [0, 0.1) is 13.8 Å². The van der Waals surface area contributed by atoms with E-state index in [1.165, 1.54) is 4.90 Å². The van der Waals surface area contributed by atoms with Gasteiger partial charge in [0.2, 0.25) is 0 Å². The third kappa shape index (κ3) is 4.40. The number of aryl methyl sites for hydroxylation is 1. The molecular weight excluding hydrogens is 434 g/mol. The average Bonchev–Trinajstić information content (AvgIpc) is 3.10. The van der Waals surface area contributed by atoms with Crippen molar-refractivity contribution in [1.82, 2.24) is 14.8 Å². The lowest BCUT2D eigenvalue weighted by molar-refractivity contribution is -0.132. The number of hydrogen-bond donors (Lipinski definition) is 1. The van der Waals surface area contributed by atoms with E-state index < -0.39 is 17.8 Å². The molecule has 2 heterocycles. The first kappa shape index (κ1) is 23.5. The Morgan fingerprint density at radius 2 is 1.76 bits per heavy atom. The van der Waals surface area contributed by atoms with Crippen LogP contribution in [0.2, 0.25) is 0 Å². The number of urea groups is 1. The van der Waals surface area contributed by atoms with Gasteiger partial charge in [-0.15, -0.1) is 0 Å². The number of barbiturate groups is 1. The molecule has 1 saturated carbocycles. The van der Waals surface area contributed by atoms with Crippen molar-refractivity contribution < 1.29 is 23.9 Å². The molecule has 8 heteroatoms. The number of carbonyl (C=O) groups is 4. The number of nitrogens with zero attached hydrogens (tertiary/aromatic N) is 2. The summed E-state index contributed by atoms with van der Waals surface area (Å²) in [5, 5.41) is 2.34. The van der Waals surface area contributed by atoms with Gasteiger partial charge in [-0.3, -0.25) is 19.8 Å². The molecule has 34 heavy (non-hydrogen) atoms. The van der Waals surface area contributed by atoms with Crippen molar-refractivity contribution in [1.29, 1.82) is 0 Å². The van der Waals surface area contributed by atoms with E-state index in [1.807, 2.05) is 36.6 Å². The Hall–Kier alpha value is -3.68. The Labute approximate surface area is 198 Å². The Bertz CT molecular complexity index is 1170. The quantitative estimate of drug-likeness (QED) is 0.410. The van der Waals surface area contributed by atoms with Crippen LogP contribution in [0.5, 0.6) is 0 Å². The normalized spacial score (nSPS) is 18.4. The Morgan fingerprint density at radius 3 is 2.41 bits per heavy atom. The monoisotopic (exact) mass is 463 g/mol. The molecule has 0 radical (unpaired) electrons. The van der Waals surface area contributed by atoms with Crippen molar-refractivity contribution in [3.8, 4) is 5.69 Å². The summed E-state index contributed by atoms with van der Waals surface area (Å²) >= 11 is 0. The molecule has 1 aromatic heterocycles. The van der Waals surface area contributed by atoms with Gasteiger partial charge in [0, 0.05) is 23.1 Å². The molecule has 1 aromatic carbocycles. The number of hydrogen-bond acceptors (Lipinski definition) is 5. The maximum Gasteiger partial charge on any atom is 0.338 e. The Kier molecular flexibility index (Phi) is 6.68. The molecule has 0 spiro atoms. The molecule has 178 valence electrons. The van der Waals surface area contributed by atoms with Gasteiger partial charge in [-0.2, -0.15) is 0 Å². The zero-order valence-electron chi connectivity index (χ0n) is 19.7. The molecule has 2 aromatic rings. The number of amides is 4. The first-order valence-electron chi connectivity index (χ1n) is 11.7. The van der Waals surface area contributed by atoms with Gasteiger partial charge in [-0.1, -0.05) is 19.3 Å². The SMILES string of the molecule is CCOC(=O)c1ccc(-n2c(C)cc(/C=C3\C(=O)NC(=O)N(C4CCCCC4)C3=O)c2C)cc1. The van der Waals surface area contributed by atoms with Gasteiger partial charge < -0.3 is 9.30 Å². The highest BCUT2D eigenvalue weighted by Crippen LogP contribution is 2.28. The molecule has 0 bridgehead atoms. The van der Waals surface area contributed by atoms with Gasteiger partial charge in [-0.25, -0.2) is 9.59 Å². The number of benzene rings is 1. The number of carbonyl (C=O) groups excluding carboxylic acids is 4. The van der Waals surface area contributed by atoms with Crippen molar-refractivity contribution in [2.24, 2.45) is 0 Å². The zero-order valence-corrected chi connectivity index (χ0v) is 19.7. The molecule has 4 rings (SSSR count). The topological polar surface area (TPSA) is 97.7 Å². The number of esters is 1. The largest absolute Gasteiger partial charge is 0.462 e. The van der Waals surface area contributed by atoms with E-state index in [0.717, 1.165) is 49.2 Å². The van der Waals surface area contributed by atoms with Gasteiger partial charge >= 0.3 is 12.0 Å². The fraction of sp³-hybridized carbons (Fsp3) is 0.385. The molecule has 0 unspecified atom stereocenters. The van der Waals surface area contributed by atoms with Crippen LogP contribution >= 0.6 is 0 Å². The fourth-order valence-corrected chi connectivity index (χ4v) is 4.79. The van der Waals surface area contributed by atoms with Crippen LogP contribution in [0.3, 0.4) is 0 Å². The third-order valence-corrected chi connectivity index (χ3v) is 6.48. The summed E-state index contributed by atoms with van der Waals surface area (Å²) in [7, 11) is 0. The average molecular weight is 464 g/mol. The molecule has 1 aliphatic carbocycles. The van der Waals surface area contributed by atoms with E-state index in [4.69, 9.17) is 4.74 Å². The number of rotatable bonds is 5. The van der Waals surface area contributed by atoms with Gasteiger partial charge in [-0.05, 0) is 75.6 Å². The van der Waals surface area contributed by atoms with E-state index in [1.54, 1.807) is 25.1 Å². The lowest BCUT2D eigenvalue weighted by Crippen LogP contribution is -2.58. The van der Waals surface area contributed by atoms with E-state index in [-0.39, 0.29) is 17.6 Å². The number of aromatic nitrogens is 1. The fourth-order valence-electron chi connectivity index (χ4n) is 4.79. The van der Waals surface area contributed by atoms with Crippen LogP contribution < -0.4 is 5.32 Å². The predicted molar refractivity (Wildman–Crippen MR) is 126 cm³/mol. The number of imide groups is 2. The molecule has 2 aliphatic rings. The summed E-state index contributed by atoms with van der Waals surface area (Å²) < 4.78 is 7.02. The minimum atomic E-state index is -0.675. The smallest absolute Gasteiger partial charge is 0.338 e. The van der Waals surface area contributed by atoms with Crippen molar-refractivity contribution in [3.05, 3.63) is 58.4 Å². The van der Waals surface area contributed by atoms with Gasteiger partial charge in [0.15, 0.2) is 0 Å². The molecule has 2 fully saturated rings. The summed E-state index contributed by atoms with van der Waals surface area (Å²) in [5.74, 6) is -1.59. The molecule has 1 aliphatic heterocycles. The first-order valence-corrected chi connectivity index (χ1v) is 11.7. The maximum atomic E-state index is 13.2. The van der Waals surface area contributed by atoms with E-state index in [2.05, 4.69) is 5.32 Å². The number of ether oxygens (including phenoxy) is 1. The zero-order chi connectivity index (χ0) is 24.4.